The van der Waals surface area contributed by atoms with E-state index in [1.165, 1.54) is 18.4 Å². The SMILES string of the molecule is O=C(c1cc2ccccc2o1)N1CCC(COc2cc3c(nn2)CCCC3)CC1. The first-order chi connectivity index (χ1) is 14.3. The number of hydrogen-bond donors (Lipinski definition) is 0. The van der Waals surface area contributed by atoms with E-state index >= 15 is 0 Å². The molecule has 2 aromatic heterocycles. The molecule has 0 radical (unpaired) electrons. The van der Waals surface area contributed by atoms with Crippen molar-refractivity contribution in [1.29, 1.82) is 0 Å². The molecular formula is C23H25N3O3. The molecule has 1 saturated heterocycles. The summed E-state index contributed by atoms with van der Waals surface area (Å²) in [6, 6.07) is 11.6. The first-order valence-corrected chi connectivity index (χ1v) is 10.5. The highest BCUT2D eigenvalue weighted by Crippen LogP contribution is 2.25. The topological polar surface area (TPSA) is 68.5 Å². The maximum atomic E-state index is 12.8. The quantitative estimate of drug-likeness (QED) is 0.672. The molecule has 1 aliphatic heterocycles. The van der Waals surface area contributed by atoms with Crippen molar-refractivity contribution in [3.63, 3.8) is 0 Å². The third-order valence-corrected chi connectivity index (χ3v) is 6.05. The lowest BCUT2D eigenvalue weighted by molar-refractivity contribution is 0.0630. The summed E-state index contributed by atoms with van der Waals surface area (Å²) in [5.41, 5.74) is 3.17. The molecule has 1 aromatic carbocycles. The maximum absolute atomic E-state index is 12.8. The third kappa shape index (κ3) is 3.84. The minimum absolute atomic E-state index is 0.0267. The number of ether oxygens (including phenoxy) is 1. The molecule has 6 heteroatoms. The number of aryl methyl sites for hydroxylation is 2. The molecule has 2 aliphatic rings. The van der Waals surface area contributed by atoms with Crippen LogP contribution in [0.4, 0.5) is 0 Å². The number of aromatic nitrogens is 2. The van der Waals surface area contributed by atoms with Crippen LogP contribution in [-0.2, 0) is 12.8 Å². The van der Waals surface area contributed by atoms with Crippen LogP contribution < -0.4 is 4.74 Å². The van der Waals surface area contributed by atoms with Gasteiger partial charge in [-0.05, 0) is 62.1 Å². The highest BCUT2D eigenvalue weighted by atomic mass is 16.5. The summed E-state index contributed by atoms with van der Waals surface area (Å²) in [5.74, 6) is 1.45. The van der Waals surface area contributed by atoms with E-state index in [2.05, 4.69) is 16.3 Å². The maximum Gasteiger partial charge on any atom is 0.289 e. The van der Waals surface area contributed by atoms with Gasteiger partial charge in [0.15, 0.2) is 5.76 Å². The fourth-order valence-electron chi connectivity index (χ4n) is 4.29. The van der Waals surface area contributed by atoms with Gasteiger partial charge < -0.3 is 14.1 Å². The molecule has 1 fully saturated rings. The molecule has 0 spiro atoms. The van der Waals surface area contributed by atoms with Crippen LogP contribution in [0.3, 0.4) is 0 Å². The van der Waals surface area contributed by atoms with Crippen molar-refractivity contribution >= 4 is 16.9 Å². The lowest BCUT2D eigenvalue weighted by Crippen LogP contribution is -2.39. The number of fused-ring (bicyclic) bond motifs is 2. The Hall–Kier alpha value is -2.89. The predicted octanol–water partition coefficient (Wildman–Crippen LogP) is 4.03. The minimum Gasteiger partial charge on any atom is -0.476 e. The zero-order valence-electron chi connectivity index (χ0n) is 16.5. The predicted molar refractivity (Wildman–Crippen MR) is 109 cm³/mol. The molecule has 1 amide bonds. The molecule has 0 N–H and O–H groups in total. The van der Waals surface area contributed by atoms with Crippen molar-refractivity contribution in [3.05, 3.63) is 53.4 Å². The second-order valence-electron chi connectivity index (χ2n) is 8.06. The fraction of sp³-hybridized carbons (Fsp3) is 0.435. The number of rotatable bonds is 4. The zero-order chi connectivity index (χ0) is 19.6. The van der Waals surface area contributed by atoms with Gasteiger partial charge in [-0.25, -0.2) is 0 Å². The van der Waals surface area contributed by atoms with E-state index in [1.54, 1.807) is 0 Å². The zero-order valence-corrected chi connectivity index (χ0v) is 16.5. The molecule has 0 unspecified atom stereocenters. The first kappa shape index (κ1) is 18.2. The smallest absolute Gasteiger partial charge is 0.289 e. The second-order valence-corrected chi connectivity index (χ2v) is 8.06. The van der Waals surface area contributed by atoms with Gasteiger partial charge in [-0.3, -0.25) is 4.79 Å². The lowest BCUT2D eigenvalue weighted by atomic mass is 9.97. The summed E-state index contributed by atoms with van der Waals surface area (Å²) in [4.78, 5) is 14.7. The van der Waals surface area contributed by atoms with Crippen molar-refractivity contribution < 1.29 is 13.9 Å². The average molecular weight is 391 g/mol. The van der Waals surface area contributed by atoms with Crippen LogP contribution in [0.1, 0.15) is 47.5 Å². The van der Waals surface area contributed by atoms with E-state index < -0.39 is 0 Å². The number of carbonyl (C=O) groups is 1. The monoisotopic (exact) mass is 391 g/mol. The van der Waals surface area contributed by atoms with Gasteiger partial charge in [0.2, 0.25) is 5.88 Å². The van der Waals surface area contributed by atoms with Gasteiger partial charge in [0.05, 0.1) is 12.3 Å². The van der Waals surface area contributed by atoms with Gasteiger partial charge in [-0.15, -0.1) is 5.10 Å². The molecule has 150 valence electrons. The van der Waals surface area contributed by atoms with Gasteiger partial charge >= 0.3 is 0 Å². The molecule has 0 saturated carbocycles. The standard InChI is InChI=1S/C23H25N3O3/c27-23(21-13-18-6-2-4-8-20(18)29-21)26-11-9-16(10-12-26)15-28-22-14-17-5-1-3-7-19(17)24-25-22/h2,4,6,8,13-14,16H,1,3,5,7,9-12,15H2. The van der Waals surface area contributed by atoms with Crippen LogP contribution in [0.25, 0.3) is 11.0 Å². The second kappa shape index (κ2) is 7.85. The molecule has 29 heavy (non-hydrogen) atoms. The third-order valence-electron chi connectivity index (χ3n) is 6.05. The van der Waals surface area contributed by atoms with Crippen molar-refractivity contribution in [1.82, 2.24) is 15.1 Å². The van der Waals surface area contributed by atoms with Crippen molar-refractivity contribution in [2.24, 2.45) is 5.92 Å². The summed E-state index contributed by atoms with van der Waals surface area (Å²) in [6.45, 7) is 2.07. The van der Waals surface area contributed by atoms with E-state index in [1.807, 2.05) is 35.2 Å². The van der Waals surface area contributed by atoms with E-state index in [-0.39, 0.29) is 5.91 Å². The number of para-hydroxylation sites is 1. The number of likely N-dealkylation sites (tertiary alicyclic amines) is 1. The molecule has 3 heterocycles. The largest absolute Gasteiger partial charge is 0.476 e. The molecule has 5 rings (SSSR count). The average Bonchev–Trinajstić information content (AvgIpc) is 3.22. The van der Waals surface area contributed by atoms with Gasteiger partial charge in [-0.2, -0.15) is 5.10 Å². The van der Waals surface area contributed by atoms with E-state index in [0.717, 1.165) is 55.4 Å². The molecular weight excluding hydrogens is 366 g/mol. The summed E-state index contributed by atoms with van der Waals surface area (Å²) < 4.78 is 11.7. The summed E-state index contributed by atoms with van der Waals surface area (Å²) in [5, 5.41) is 9.53. The molecule has 3 aromatic rings. The Morgan fingerprint density at radius 1 is 1.10 bits per heavy atom. The first-order valence-electron chi connectivity index (χ1n) is 10.5. The Morgan fingerprint density at radius 2 is 1.93 bits per heavy atom. The summed E-state index contributed by atoms with van der Waals surface area (Å²) in [6.07, 6.45) is 6.36. The number of piperidine rings is 1. The van der Waals surface area contributed by atoms with Crippen LogP contribution in [0.5, 0.6) is 5.88 Å². The number of nitrogens with zero attached hydrogens (tertiary/aromatic N) is 3. The Balaban J connectivity index is 1.15. The number of benzene rings is 1. The number of hydrogen-bond acceptors (Lipinski definition) is 5. The van der Waals surface area contributed by atoms with Gasteiger partial charge in [0, 0.05) is 24.5 Å². The van der Waals surface area contributed by atoms with Crippen LogP contribution in [-0.4, -0.2) is 40.7 Å². The van der Waals surface area contributed by atoms with Gasteiger partial charge in [0.1, 0.15) is 5.58 Å². The Morgan fingerprint density at radius 3 is 2.79 bits per heavy atom. The van der Waals surface area contributed by atoms with Crippen LogP contribution in [0.2, 0.25) is 0 Å². The minimum atomic E-state index is -0.0267. The van der Waals surface area contributed by atoms with Crippen LogP contribution in [0, 0.1) is 5.92 Å². The number of amides is 1. The Labute approximate surface area is 169 Å². The van der Waals surface area contributed by atoms with E-state index in [4.69, 9.17) is 9.15 Å². The summed E-state index contributed by atoms with van der Waals surface area (Å²) in [7, 11) is 0. The van der Waals surface area contributed by atoms with E-state index in [0.29, 0.717) is 24.2 Å². The van der Waals surface area contributed by atoms with Crippen molar-refractivity contribution in [2.45, 2.75) is 38.5 Å². The number of furan rings is 1. The molecule has 6 nitrogen and oxygen atoms in total. The van der Waals surface area contributed by atoms with Crippen LogP contribution >= 0.6 is 0 Å². The molecule has 1 aliphatic carbocycles. The Kier molecular flexibility index (Phi) is 4.92. The van der Waals surface area contributed by atoms with E-state index in [9.17, 15) is 4.79 Å². The highest BCUT2D eigenvalue weighted by molar-refractivity contribution is 5.96. The van der Waals surface area contributed by atoms with Gasteiger partial charge in [-0.1, -0.05) is 18.2 Å². The normalized spacial score (nSPS) is 17.3. The van der Waals surface area contributed by atoms with Crippen molar-refractivity contribution in [2.75, 3.05) is 19.7 Å². The highest BCUT2D eigenvalue weighted by Gasteiger charge is 2.26. The lowest BCUT2D eigenvalue weighted by Gasteiger charge is -2.31. The molecule has 0 atom stereocenters. The number of carbonyl (C=O) groups excluding carboxylic acids is 1. The summed E-state index contributed by atoms with van der Waals surface area (Å²) >= 11 is 0. The van der Waals surface area contributed by atoms with Crippen LogP contribution in [0.15, 0.2) is 40.8 Å². The Bertz CT molecular complexity index is 988. The molecule has 0 bridgehead atoms. The van der Waals surface area contributed by atoms with Crippen molar-refractivity contribution in [3.8, 4) is 5.88 Å². The fourth-order valence-corrected chi connectivity index (χ4v) is 4.29. The van der Waals surface area contributed by atoms with Gasteiger partial charge in [0.25, 0.3) is 5.91 Å².